The highest BCUT2D eigenvalue weighted by atomic mass is 35.5. The second kappa shape index (κ2) is 10.7. The summed E-state index contributed by atoms with van der Waals surface area (Å²) in [5.41, 5.74) is 6.39. The van der Waals surface area contributed by atoms with Gasteiger partial charge in [0.1, 0.15) is 10.7 Å². The molecule has 1 aromatic carbocycles. The summed E-state index contributed by atoms with van der Waals surface area (Å²) >= 11 is 7.31. The summed E-state index contributed by atoms with van der Waals surface area (Å²) in [5, 5.41) is 5.04. The van der Waals surface area contributed by atoms with Crippen LogP contribution in [0.25, 0.3) is 0 Å². The summed E-state index contributed by atoms with van der Waals surface area (Å²) in [4.78, 5) is 5.78. The van der Waals surface area contributed by atoms with Gasteiger partial charge in [0.05, 0.1) is 10.7 Å². The predicted octanol–water partition coefficient (Wildman–Crippen LogP) is 3.74. The Morgan fingerprint density at radius 1 is 1.30 bits per heavy atom. The molecule has 0 amide bonds. The summed E-state index contributed by atoms with van der Waals surface area (Å²) in [6, 6.07) is 2.56. The van der Waals surface area contributed by atoms with Gasteiger partial charge >= 0.3 is 0 Å². The molecule has 1 unspecified atom stereocenters. The van der Waals surface area contributed by atoms with Gasteiger partial charge in [-0.05, 0) is 63.9 Å². The molecular weight excluding hydrogens is 449 g/mol. The first-order valence-electron chi connectivity index (χ1n) is 9.98. The highest BCUT2D eigenvalue weighted by Crippen LogP contribution is 2.29. The van der Waals surface area contributed by atoms with Gasteiger partial charge in [0.25, 0.3) is 10.0 Å². The van der Waals surface area contributed by atoms with Crippen LogP contribution in [0.1, 0.15) is 32.1 Å². The zero-order valence-corrected chi connectivity index (χ0v) is 19.0. The van der Waals surface area contributed by atoms with E-state index in [0.717, 1.165) is 75.2 Å². The molecule has 0 spiro atoms. The SMILES string of the molecule is NC1CCCN(CCCCNc2cc(F)c(S(=O)(=O)Nc3nccs3)cc2Cl)CC1. The molecule has 1 atom stereocenters. The van der Waals surface area contributed by atoms with Crippen molar-refractivity contribution in [2.75, 3.05) is 36.2 Å². The van der Waals surface area contributed by atoms with Gasteiger partial charge < -0.3 is 16.0 Å². The van der Waals surface area contributed by atoms with Gasteiger partial charge in [-0.1, -0.05) is 11.6 Å². The number of rotatable bonds is 9. The van der Waals surface area contributed by atoms with E-state index in [2.05, 4.69) is 19.9 Å². The number of nitrogens with two attached hydrogens (primary N) is 1. The van der Waals surface area contributed by atoms with E-state index in [1.54, 1.807) is 5.38 Å². The first-order chi connectivity index (χ1) is 14.3. The quantitative estimate of drug-likeness (QED) is 0.477. The molecule has 4 N–H and O–H groups in total. The van der Waals surface area contributed by atoms with Crippen LogP contribution in [0.5, 0.6) is 0 Å². The summed E-state index contributed by atoms with van der Waals surface area (Å²) in [6.07, 6.45) is 6.63. The van der Waals surface area contributed by atoms with Crippen LogP contribution in [-0.2, 0) is 10.0 Å². The number of sulfonamides is 1. The number of unbranched alkanes of at least 4 members (excludes halogenated alkanes) is 1. The number of halogens is 2. The zero-order valence-electron chi connectivity index (χ0n) is 16.6. The number of benzene rings is 1. The van der Waals surface area contributed by atoms with Crippen molar-refractivity contribution in [1.82, 2.24) is 9.88 Å². The minimum atomic E-state index is -4.11. The standard InChI is InChI=1S/C19H27ClFN5O2S2/c20-15-12-18(30(27,28)25-19-24-7-11-29-19)16(21)13-17(15)23-6-1-2-8-26-9-3-4-14(22)5-10-26/h7,11-14,23H,1-6,8-10,22H2,(H,24,25). The third-order valence-electron chi connectivity index (χ3n) is 5.05. The zero-order chi connectivity index (χ0) is 21.6. The molecule has 166 valence electrons. The van der Waals surface area contributed by atoms with Gasteiger partial charge in [0, 0.05) is 24.2 Å². The Labute approximate surface area is 185 Å². The van der Waals surface area contributed by atoms with E-state index in [4.69, 9.17) is 17.3 Å². The van der Waals surface area contributed by atoms with Crippen LogP contribution >= 0.6 is 22.9 Å². The first-order valence-corrected chi connectivity index (χ1v) is 12.7. The van der Waals surface area contributed by atoms with Crippen molar-refractivity contribution >= 4 is 43.8 Å². The minimum absolute atomic E-state index is 0.150. The molecule has 30 heavy (non-hydrogen) atoms. The number of thiazole rings is 1. The van der Waals surface area contributed by atoms with Gasteiger partial charge in [-0.15, -0.1) is 11.3 Å². The number of hydrogen-bond donors (Lipinski definition) is 3. The van der Waals surface area contributed by atoms with E-state index in [0.29, 0.717) is 18.3 Å². The van der Waals surface area contributed by atoms with Gasteiger partial charge in [-0.3, -0.25) is 4.72 Å². The number of likely N-dealkylation sites (tertiary alicyclic amines) is 1. The lowest BCUT2D eigenvalue weighted by molar-refractivity contribution is 0.279. The molecule has 1 saturated heterocycles. The lowest BCUT2D eigenvalue weighted by Crippen LogP contribution is -2.27. The molecule has 2 heterocycles. The molecule has 1 aromatic heterocycles. The van der Waals surface area contributed by atoms with Crippen LogP contribution < -0.4 is 15.8 Å². The number of hydrogen-bond acceptors (Lipinski definition) is 7. The molecule has 0 bridgehead atoms. The Hall–Kier alpha value is -1.46. The fraction of sp³-hybridized carbons (Fsp3) is 0.526. The van der Waals surface area contributed by atoms with Crippen LogP contribution in [0, 0.1) is 5.82 Å². The van der Waals surface area contributed by atoms with Gasteiger partial charge in [0.2, 0.25) is 0 Å². The second-order valence-electron chi connectivity index (χ2n) is 7.37. The van der Waals surface area contributed by atoms with Gasteiger partial charge in [-0.2, -0.15) is 0 Å². The second-order valence-corrected chi connectivity index (χ2v) is 10.3. The van der Waals surface area contributed by atoms with E-state index in [1.165, 1.54) is 6.20 Å². The molecule has 1 aliphatic rings. The van der Waals surface area contributed by atoms with Gasteiger partial charge in [-0.25, -0.2) is 17.8 Å². The highest BCUT2D eigenvalue weighted by Gasteiger charge is 2.22. The fourth-order valence-corrected chi connectivity index (χ4v) is 5.57. The highest BCUT2D eigenvalue weighted by molar-refractivity contribution is 7.93. The molecule has 0 saturated carbocycles. The van der Waals surface area contributed by atoms with Crippen molar-refractivity contribution in [2.24, 2.45) is 5.73 Å². The molecule has 1 aliphatic heterocycles. The fourth-order valence-electron chi connectivity index (χ4n) is 3.40. The Morgan fingerprint density at radius 2 is 2.13 bits per heavy atom. The average molecular weight is 476 g/mol. The summed E-state index contributed by atoms with van der Waals surface area (Å²) in [6.45, 7) is 3.76. The van der Waals surface area contributed by atoms with E-state index >= 15 is 0 Å². The third kappa shape index (κ3) is 6.52. The van der Waals surface area contributed by atoms with Crippen molar-refractivity contribution in [3.8, 4) is 0 Å². The Morgan fingerprint density at radius 3 is 2.90 bits per heavy atom. The topological polar surface area (TPSA) is 100 Å². The van der Waals surface area contributed by atoms with Crippen molar-refractivity contribution in [3.63, 3.8) is 0 Å². The Kier molecular flexibility index (Phi) is 8.29. The maximum Gasteiger partial charge on any atom is 0.266 e. The molecule has 11 heteroatoms. The summed E-state index contributed by atoms with van der Waals surface area (Å²) < 4.78 is 41.5. The molecule has 1 fully saturated rings. The van der Waals surface area contributed by atoms with Crippen LogP contribution in [0.15, 0.2) is 28.6 Å². The number of anilines is 2. The predicted molar refractivity (Wildman–Crippen MR) is 120 cm³/mol. The van der Waals surface area contributed by atoms with E-state index < -0.39 is 20.7 Å². The molecule has 2 aromatic rings. The van der Waals surface area contributed by atoms with Crippen molar-refractivity contribution < 1.29 is 12.8 Å². The molecule has 0 radical (unpaired) electrons. The molecule has 3 rings (SSSR count). The van der Waals surface area contributed by atoms with Crippen LogP contribution in [0.4, 0.5) is 15.2 Å². The molecule has 0 aliphatic carbocycles. The number of nitrogens with zero attached hydrogens (tertiary/aromatic N) is 2. The van der Waals surface area contributed by atoms with Crippen molar-refractivity contribution in [1.29, 1.82) is 0 Å². The van der Waals surface area contributed by atoms with Crippen LogP contribution in [-0.4, -0.2) is 50.5 Å². The molecule has 7 nitrogen and oxygen atoms in total. The lowest BCUT2D eigenvalue weighted by Gasteiger charge is -2.19. The summed E-state index contributed by atoms with van der Waals surface area (Å²) in [7, 11) is -4.11. The average Bonchev–Trinajstić information content (AvgIpc) is 3.10. The normalized spacial score (nSPS) is 18.2. The molecular formula is C19H27ClFN5O2S2. The van der Waals surface area contributed by atoms with E-state index in [-0.39, 0.29) is 10.2 Å². The minimum Gasteiger partial charge on any atom is -0.384 e. The Bertz CT molecular complexity index is 927. The smallest absolute Gasteiger partial charge is 0.266 e. The van der Waals surface area contributed by atoms with Crippen LogP contribution in [0.3, 0.4) is 0 Å². The monoisotopic (exact) mass is 475 g/mol. The van der Waals surface area contributed by atoms with Crippen molar-refractivity contribution in [3.05, 3.63) is 34.5 Å². The third-order valence-corrected chi connectivity index (χ3v) is 7.53. The Balaban J connectivity index is 1.50. The lowest BCUT2D eigenvalue weighted by atomic mass is 10.1. The summed E-state index contributed by atoms with van der Waals surface area (Å²) in [5.74, 6) is -0.869. The maximum atomic E-state index is 14.5. The van der Waals surface area contributed by atoms with E-state index in [1.807, 2.05) is 0 Å². The van der Waals surface area contributed by atoms with Crippen LogP contribution in [0.2, 0.25) is 5.02 Å². The van der Waals surface area contributed by atoms with Gasteiger partial charge in [0.15, 0.2) is 5.13 Å². The largest absolute Gasteiger partial charge is 0.384 e. The number of aromatic nitrogens is 1. The van der Waals surface area contributed by atoms with E-state index in [9.17, 15) is 12.8 Å². The number of nitrogens with one attached hydrogen (secondary N) is 2. The first kappa shape index (κ1) is 23.2. The maximum absolute atomic E-state index is 14.5. The van der Waals surface area contributed by atoms with Crippen molar-refractivity contribution in [2.45, 2.75) is 43.0 Å².